The van der Waals surface area contributed by atoms with Gasteiger partial charge in [-0.15, -0.1) is 58.7 Å². The molecular weight excluding hydrogens is 1840 g/mol. The Balaban J connectivity index is 0.000000220. The summed E-state index contributed by atoms with van der Waals surface area (Å²) in [7, 11) is 0. The Labute approximate surface area is 760 Å². The molecule has 8 nitrogen and oxygen atoms in total. The van der Waals surface area contributed by atoms with Gasteiger partial charge in [-0.3, -0.25) is 19.1 Å². The Morgan fingerprint density at radius 3 is 1.18 bits per heavy atom. The van der Waals surface area contributed by atoms with Crippen LogP contribution < -0.4 is 0 Å². The number of para-hydroxylation sites is 2. The fourth-order valence-corrected chi connectivity index (χ4v) is 15.8. The standard InChI is InChI=1S/C56H56N3O.C55H54N3O.2Pt/c1-11-56(9,10)42-25-26-49(45(35-42)38-21-16-13-17-22-38)59-50-24-18-23-44(51(50)58-53(59)46-29-36(2)30-47(52(46)60)55(6,7)8)40-31-41(33-43(32-40)54(3,4)5)48-34-39(27-28-57-48)37-19-14-12-15-20-37;1-35(2)27-37-23-24-49(45(30-37)39-19-14-11-15-20-39)58-50-22-16-21-44(51(50)57-53(58)46-28-36(3)29-47(52(46)59)55(7,8)9)41-31-42(33-43(32-41)54(4,5)6)48-34-40(25-26-56-48)38-17-12-10-13-18-38;;/h12-30,32-35,60H,11H2,1-10H3;10-26,28-30,32-35,59H,27H2,1-9H3;;/q2*-1;;/i12D,14D,15D,19D,20D;10D,12D,13D,17D,18D;;. The van der Waals surface area contributed by atoms with Crippen molar-refractivity contribution in [2.45, 2.75) is 171 Å². The molecule has 0 atom stereocenters. The van der Waals surface area contributed by atoms with Crippen LogP contribution in [0.3, 0.4) is 0 Å². The normalized spacial score (nSPS) is 13.2. The van der Waals surface area contributed by atoms with Crippen LogP contribution in [0.5, 0.6) is 11.5 Å². The number of phenols is 2. The topological polar surface area (TPSA) is 102 Å². The third-order valence-electron chi connectivity index (χ3n) is 22.7. The van der Waals surface area contributed by atoms with Crippen LogP contribution in [0.25, 0.3) is 145 Å². The van der Waals surface area contributed by atoms with E-state index in [1.807, 2.05) is 36.4 Å². The molecule has 618 valence electrons. The first-order valence-electron chi connectivity index (χ1n) is 46.2. The molecule has 2 N–H and O–H groups in total. The SMILES string of the molecule is [2H]c1c([2H])c([2H])c(-c2ccnc(-c3[c-]c(-c4cccc5c4nc(-c4cc(C)cc(C(C)(C)C)c4O)n5-c4ccc(C(C)(C)CC)cc4-c4ccccc4)cc(C(C)(C)C)c3)c2)c([2H])c1[2H].[2H]c1c([2H])c([2H])c(-c2ccnc(-c3[c-]c(-c4cccc5c4nc(-c4cc(C)cc(C(C)(C)C)c4O)n5-c4ccc(CC(C)C)cc4-c4ccccc4)cc(C(C)(C)C)c3)c2)c([2H])c1[2H].[Pt].[Pt]. The van der Waals surface area contributed by atoms with Gasteiger partial charge in [-0.1, -0.05) is 322 Å². The number of benzene rings is 12. The quantitative estimate of drug-likeness (QED) is 0.0935. The molecule has 10 heteroatoms. The van der Waals surface area contributed by atoms with Gasteiger partial charge in [-0.25, -0.2) is 9.97 Å². The molecule has 0 bridgehead atoms. The maximum atomic E-state index is 12.3. The molecule has 0 aliphatic heterocycles. The van der Waals surface area contributed by atoms with Crippen molar-refractivity contribution in [3.63, 3.8) is 0 Å². The van der Waals surface area contributed by atoms with Crippen LogP contribution >= 0.6 is 0 Å². The maximum absolute atomic E-state index is 12.3. The van der Waals surface area contributed by atoms with Crippen LogP contribution in [-0.4, -0.2) is 39.3 Å². The predicted octanol–water partition coefficient (Wildman–Crippen LogP) is 29.2. The fraction of sp³-hybridized carbons (Fsp3) is 0.243. The van der Waals surface area contributed by atoms with Crippen LogP contribution in [0.1, 0.15) is 182 Å². The van der Waals surface area contributed by atoms with Crippen molar-refractivity contribution in [2.75, 3.05) is 0 Å². The van der Waals surface area contributed by atoms with Crippen LogP contribution in [0.2, 0.25) is 0 Å². The summed E-state index contributed by atoms with van der Waals surface area (Å²) in [5.74, 6) is 2.08. The zero-order chi connectivity index (χ0) is 92.9. The largest absolute Gasteiger partial charge is 0.507 e. The Morgan fingerprint density at radius 2 is 0.785 bits per heavy atom. The van der Waals surface area contributed by atoms with Crippen molar-refractivity contribution < 1.29 is 66.1 Å². The zero-order valence-corrected chi connectivity index (χ0v) is 77.0. The van der Waals surface area contributed by atoms with Crippen molar-refractivity contribution in [3.05, 3.63) is 336 Å². The number of hydrogen-bond acceptors (Lipinski definition) is 6. The van der Waals surface area contributed by atoms with Crippen molar-refractivity contribution in [1.29, 1.82) is 0 Å². The van der Waals surface area contributed by atoms with Gasteiger partial charge in [0.05, 0.1) is 58.3 Å². The summed E-state index contributed by atoms with van der Waals surface area (Å²) in [6.45, 7) is 40.9. The number of aromatic nitrogens is 6. The average Bonchev–Trinajstić information content (AvgIpc) is 1.59. The van der Waals surface area contributed by atoms with Crippen LogP contribution in [0, 0.1) is 31.9 Å². The summed E-state index contributed by atoms with van der Waals surface area (Å²) in [6.07, 6.45) is 5.11. The number of aryl methyl sites for hydroxylation is 2. The first kappa shape index (κ1) is 74.9. The minimum absolute atomic E-state index is 0. The van der Waals surface area contributed by atoms with E-state index >= 15 is 0 Å². The number of fused-ring (bicyclic) bond motifs is 2. The molecule has 4 heterocycles. The summed E-state index contributed by atoms with van der Waals surface area (Å²) < 4.78 is 88.6. The third kappa shape index (κ3) is 18.4. The monoisotopic (exact) mass is 1960 g/mol. The number of imidazole rings is 2. The number of aromatic hydroxyl groups is 2. The van der Waals surface area contributed by atoms with E-state index in [9.17, 15) is 10.2 Å². The molecule has 0 amide bonds. The van der Waals surface area contributed by atoms with E-state index < -0.39 is 12.1 Å². The van der Waals surface area contributed by atoms with Gasteiger partial charge in [0.15, 0.2) is 0 Å². The minimum Gasteiger partial charge on any atom is -0.507 e. The first-order chi connectivity index (χ1) is 60.8. The molecule has 0 fully saturated rings. The van der Waals surface area contributed by atoms with E-state index in [2.05, 4.69) is 298 Å². The number of hydrogen-bond donors (Lipinski definition) is 2. The molecule has 0 saturated carbocycles. The predicted molar refractivity (Wildman–Crippen MR) is 499 cm³/mol. The van der Waals surface area contributed by atoms with Crippen molar-refractivity contribution in [2.24, 2.45) is 5.92 Å². The number of pyridine rings is 2. The summed E-state index contributed by atoms with van der Waals surface area (Å²) in [5.41, 5.74) is 24.3. The molecular formula is C111H110N6O2Pt2-2. The number of nitrogens with zero attached hydrogens (tertiary/aromatic N) is 6. The Hall–Kier alpha value is -11.1. The molecule has 0 radical (unpaired) electrons. The Kier molecular flexibility index (Phi) is 21.7. The van der Waals surface area contributed by atoms with E-state index in [1.54, 1.807) is 36.7 Å². The molecule has 0 unspecified atom stereocenters. The van der Waals surface area contributed by atoms with E-state index in [1.165, 1.54) is 11.1 Å². The number of phenolic OH excluding ortho intramolecular Hbond substituents is 2. The Bertz CT molecular complexity index is 7060. The van der Waals surface area contributed by atoms with E-state index in [0.717, 1.165) is 124 Å². The van der Waals surface area contributed by atoms with E-state index in [-0.39, 0.29) is 140 Å². The van der Waals surface area contributed by atoms with Gasteiger partial charge in [0.1, 0.15) is 23.1 Å². The van der Waals surface area contributed by atoms with Gasteiger partial charge in [-0.05, 0) is 176 Å². The first-order valence-corrected chi connectivity index (χ1v) is 41.2. The van der Waals surface area contributed by atoms with Gasteiger partial charge < -0.3 is 10.2 Å². The van der Waals surface area contributed by atoms with Gasteiger partial charge >= 0.3 is 0 Å². The molecule has 4 aromatic heterocycles. The second-order valence-corrected chi connectivity index (χ2v) is 36.7. The molecule has 16 rings (SSSR count). The van der Waals surface area contributed by atoms with Crippen molar-refractivity contribution in [3.8, 4) is 135 Å². The van der Waals surface area contributed by atoms with E-state index in [0.29, 0.717) is 62.3 Å². The average molecular weight is 1960 g/mol. The van der Waals surface area contributed by atoms with Gasteiger partial charge in [-0.2, -0.15) is 0 Å². The minimum atomic E-state index is -0.436. The second kappa shape index (κ2) is 35.1. The molecule has 16 aromatic rings. The molecule has 0 aliphatic rings. The molecule has 121 heavy (non-hydrogen) atoms. The number of rotatable bonds is 16. The van der Waals surface area contributed by atoms with Gasteiger partial charge in [0, 0.05) is 88.2 Å². The van der Waals surface area contributed by atoms with Crippen LogP contribution in [0.4, 0.5) is 0 Å². The molecule has 12 aromatic carbocycles. The third-order valence-corrected chi connectivity index (χ3v) is 22.7. The second-order valence-electron chi connectivity index (χ2n) is 36.7. The molecule has 0 saturated heterocycles. The molecule has 0 spiro atoms. The summed E-state index contributed by atoms with van der Waals surface area (Å²) >= 11 is 0. The maximum Gasteiger partial charge on any atom is 0.148 e. The van der Waals surface area contributed by atoms with Crippen molar-refractivity contribution >= 4 is 22.1 Å². The van der Waals surface area contributed by atoms with Gasteiger partial charge in [0.2, 0.25) is 0 Å². The Morgan fingerprint density at radius 1 is 0.380 bits per heavy atom. The van der Waals surface area contributed by atoms with Crippen molar-refractivity contribution in [1.82, 2.24) is 29.1 Å². The smallest absolute Gasteiger partial charge is 0.148 e. The zero-order valence-electron chi connectivity index (χ0n) is 82.5. The summed E-state index contributed by atoms with van der Waals surface area (Å²) in [4.78, 5) is 20.6. The molecule has 0 aliphatic carbocycles. The van der Waals surface area contributed by atoms with Gasteiger partial charge in [0.25, 0.3) is 0 Å². The fourth-order valence-electron chi connectivity index (χ4n) is 15.8. The summed E-state index contributed by atoms with van der Waals surface area (Å²) in [6, 6.07) is 74.0. The van der Waals surface area contributed by atoms with Crippen LogP contribution in [-0.2, 0) is 75.6 Å². The van der Waals surface area contributed by atoms with E-state index in [4.69, 9.17) is 33.6 Å². The summed E-state index contributed by atoms with van der Waals surface area (Å²) in [5, 5.41) is 24.6. The van der Waals surface area contributed by atoms with Crippen LogP contribution in [0.15, 0.2) is 279 Å².